The van der Waals surface area contributed by atoms with Gasteiger partial charge in [0, 0.05) is 25.7 Å². The summed E-state index contributed by atoms with van der Waals surface area (Å²) in [6, 6.07) is 4.31. The number of amides is 1. The molecule has 0 saturated heterocycles. The van der Waals surface area contributed by atoms with Gasteiger partial charge in [-0.05, 0) is 43.9 Å². The van der Waals surface area contributed by atoms with E-state index in [-0.39, 0.29) is 27.4 Å². The molecule has 1 aromatic carbocycles. The molecule has 1 aromatic rings. The van der Waals surface area contributed by atoms with Crippen LogP contribution in [0.4, 0.5) is 0 Å². The molecule has 1 unspecified atom stereocenters. The number of nitrogens with zero attached hydrogens (tertiary/aromatic N) is 1. The lowest BCUT2D eigenvalue weighted by Gasteiger charge is -2.16. The van der Waals surface area contributed by atoms with Gasteiger partial charge in [0.2, 0.25) is 10.0 Å². The minimum absolute atomic E-state index is 0.0227. The van der Waals surface area contributed by atoms with E-state index in [1.165, 1.54) is 32.3 Å². The number of halogens is 1. The summed E-state index contributed by atoms with van der Waals surface area (Å²) in [5, 5.41) is 2.99. The Balaban J connectivity index is 2.96. The molecule has 130 valence electrons. The zero-order valence-corrected chi connectivity index (χ0v) is 15.8. The minimum Gasteiger partial charge on any atom is -0.350 e. The lowest BCUT2D eigenvalue weighted by atomic mass is 10.0. The van der Waals surface area contributed by atoms with Crippen LogP contribution < -0.4 is 5.32 Å². The van der Waals surface area contributed by atoms with Gasteiger partial charge in [-0.3, -0.25) is 4.79 Å². The lowest BCUT2D eigenvalue weighted by Crippen LogP contribution is -2.33. The highest BCUT2D eigenvalue weighted by molar-refractivity contribution is 7.89. The van der Waals surface area contributed by atoms with Gasteiger partial charge < -0.3 is 5.32 Å². The number of carbonyl (C=O) groups is 1. The maximum absolute atomic E-state index is 12.3. The topological polar surface area (TPSA) is 66.5 Å². The van der Waals surface area contributed by atoms with Gasteiger partial charge in [-0.15, -0.1) is 0 Å². The van der Waals surface area contributed by atoms with E-state index < -0.39 is 10.0 Å². The predicted octanol–water partition coefficient (Wildman–Crippen LogP) is 3.14. The Labute approximate surface area is 144 Å². The van der Waals surface area contributed by atoms with Gasteiger partial charge in [0.1, 0.15) is 4.90 Å². The van der Waals surface area contributed by atoms with Crippen LogP contribution in [0.1, 0.15) is 44.0 Å². The third-order valence-electron chi connectivity index (χ3n) is 3.51. The summed E-state index contributed by atoms with van der Waals surface area (Å²) in [5.74, 6) is 0.273. The summed E-state index contributed by atoms with van der Waals surface area (Å²) >= 11 is 5.98. The van der Waals surface area contributed by atoms with Crippen molar-refractivity contribution in [1.29, 1.82) is 0 Å². The molecule has 0 aromatic heterocycles. The van der Waals surface area contributed by atoms with Gasteiger partial charge in [-0.1, -0.05) is 25.4 Å². The molecular formula is C16H25ClN2O3S. The second-order valence-electron chi connectivity index (χ2n) is 6.28. The van der Waals surface area contributed by atoms with Crippen LogP contribution in [0.5, 0.6) is 0 Å². The summed E-state index contributed by atoms with van der Waals surface area (Å²) in [6.45, 7) is 6.20. The number of hydrogen-bond donors (Lipinski definition) is 1. The van der Waals surface area contributed by atoms with Crippen LogP contribution >= 0.6 is 11.6 Å². The Kier molecular flexibility index (Phi) is 7.04. The van der Waals surface area contributed by atoms with Gasteiger partial charge in [-0.2, -0.15) is 0 Å². The molecule has 0 fully saturated rings. The standard InChI is InChI=1S/C16H25ClN2O3S/c1-11(2)6-7-12(3)18-16(20)13-8-9-14(17)15(10-13)23(21,22)19(4)5/h8-12H,6-7H2,1-5H3,(H,18,20). The fraction of sp³-hybridized carbons (Fsp3) is 0.562. The zero-order chi connectivity index (χ0) is 17.8. The van der Waals surface area contributed by atoms with Gasteiger partial charge in [0.05, 0.1) is 5.02 Å². The van der Waals surface area contributed by atoms with Crippen molar-refractivity contribution in [3.63, 3.8) is 0 Å². The molecule has 0 saturated carbocycles. The molecular weight excluding hydrogens is 336 g/mol. The van der Waals surface area contributed by atoms with Gasteiger partial charge in [0.15, 0.2) is 0 Å². The first kappa shape index (κ1) is 19.9. The molecule has 23 heavy (non-hydrogen) atoms. The van der Waals surface area contributed by atoms with E-state index in [1.807, 2.05) is 6.92 Å². The van der Waals surface area contributed by atoms with Gasteiger partial charge in [-0.25, -0.2) is 12.7 Å². The SMILES string of the molecule is CC(C)CCC(C)NC(=O)c1ccc(Cl)c(S(=O)(=O)N(C)C)c1. The van der Waals surface area contributed by atoms with Crippen molar-refractivity contribution in [2.75, 3.05) is 14.1 Å². The molecule has 0 radical (unpaired) electrons. The third-order valence-corrected chi connectivity index (χ3v) is 5.80. The Morgan fingerprint density at radius 3 is 2.35 bits per heavy atom. The van der Waals surface area contributed by atoms with E-state index >= 15 is 0 Å². The van der Waals surface area contributed by atoms with Crippen molar-refractivity contribution in [2.45, 2.75) is 44.6 Å². The van der Waals surface area contributed by atoms with Crippen molar-refractivity contribution in [3.8, 4) is 0 Å². The number of hydrogen-bond acceptors (Lipinski definition) is 3. The second-order valence-corrected chi connectivity index (χ2v) is 8.81. The molecule has 1 rings (SSSR count). The van der Waals surface area contributed by atoms with Crippen molar-refractivity contribution in [2.24, 2.45) is 5.92 Å². The monoisotopic (exact) mass is 360 g/mol. The zero-order valence-electron chi connectivity index (χ0n) is 14.3. The van der Waals surface area contributed by atoms with Crippen LogP contribution in [0.25, 0.3) is 0 Å². The minimum atomic E-state index is -3.69. The van der Waals surface area contributed by atoms with Crippen LogP contribution in [-0.4, -0.2) is 38.8 Å². The normalized spacial score (nSPS) is 13.4. The van der Waals surface area contributed by atoms with Crippen molar-refractivity contribution < 1.29 is 13.2 Å². The van der Waals surface area contributed by atoms with E-state index in [1.54, 1.807) is 0 Å². The molecule has 0 aliphatic heterocycles. The molecule has 0 spiro atoms. The maximum atomic E-state index is 12.3. The molecule has 0 aliphatic rings. The molecule has 0 heterocycles. The summed E-state index contributed by atoms with van der Waals surface area (Å²) < 4.78 is 25.5. The molecule has 7 heteroatoms. The number of sulfonamides is 1. The summed E-state index contributed by atoms with van der Waals surface area (Å²) in [4.78, 5) is 12.2. The molecule has 1 atom stereocenters. The Hall–Kier alpha value is -1.11. The fourth-order valence-corrected chi connectivity index (χ4v) is 3.40. The van der Waals surface area contributed by atoms with E-state index in [0.29, 0.717) is 5.92 Å². The van der Waals surface area contributed by atoms with E-state index in [4.69, 9.17) is 11.6 Å². The molecule has 5 nitrogen and oxygen atoms in total. The van der Waals surface area contributed by atoms with E-state index in [9.17, 15) is 13.2 Å². The summed E-state index contributed by atoms with van der Waals surface area (Å²) in [7, 11) is -0.846. The Morgan fingerprint density at radius 1 is 1.22 bits per heavy atom. The maximum Gasteiger partial charge on any atom is 0.251 e. The van der Waals surface area contributed by atoms with Crippen molar-refractivity contribution >= 4 is 27.5 Å². The van der Waals surface area contributed by atoms with Crippen LogP contribution in [0.2, 0.25) is 5.02 Å². The second kappa shape index (κ2) is 8.13. The largest absolute Gasteiger partial charge is 0.350 e. The van der Waals surface area contributed by atoms with Crippen molar-refractivity contribution in [1.82, 2.24) is 9.62 Å². The van der Waals surface area contributed by atoms with Gasteiger partial charge in [0.25, 0.3) is 5.91 Å². The first-order valence-electron chi connectivity index (χ1n) is 7.58. The first-order chi connectivity index (χ1) is 10.6. The molecule has 1 N–H and O–H groups in total. The quantitative estimate of drug-likeness (QED) is 0.812. The van der Waals surface area contributed by atoms with Crippen molar-refractivity contribution in [3.05, 3.63) is 28.8 Å². The molecule has 0 aliphatic carbocycles. The number of benzene rings is 1. The van der Waals surface area contributed by atoms with Crippen LogP contribution in [-0.2, 0) is 10.0 Å². The Morgan fingerprint density at radius 2 is 1.83 bits per heavy atom. The number of nitrogens with one attached hydrogen (secondary N) is 1. The van der Waals surface area contributed by atoms with E-state index in [0.717, 1.165) is 17.1 Å². The highest BCUT2D eigenvalue weighted by Gasteiger charge is 2.22. The van der Waals surface area contributed by atoms with Crippen LogP contribution in [0.3, 0.4) is 0 Å². The number of carbonyl (C=O) groups excluding carboxylic acids is 1. The lowest BCUT2D eigenvalue weighted by molar-refractivity contribution is 0.0937. The highest BCUT2D eigenvalue weighted by Crippen LogP contribution is 2.24. The van der Waals surface area contributed by atoms with Gasteiger partial charge >= 0.3 is 0 Å². The van der Waals surface area contributed by atoms with Crippen LogP contribution in [0, 0.1) is 5.92 Å². The predicted molar refractivity (Wildman–Crippen MR) is 93.3 cm³/mol. The first-order valence-corrected chi connectivity index (χ1v) is 9.40. The summed E-state index contributed by atoms with van der Waals surface area (Å²) in [5.41, 5.74) is 0.284. The average molecular weight is 361 g/mol. The third kappa shape index (κ3) is 5.48. The number of rotatable bonds is 7. The average Bonchev–Trinajstić information content (AvgIpc) is 2.45. The van der Waals surface area contributed by atoms with Crippen LogP contribution in [0.15, 0.2) is 23.1 Å². The highest BCUT2D eigenvalue weighted by atomic mass is 35.5. The molecule has 1 amide bonds. The Bertz CT molecular complexity index is 657. The fourth-order valence-electron chi connectivity index (χ4n) is 2.00. The smallest absolute Gasteiger partial charge is 0.251 e. The molecule has 0 bridgehead atoms. The van der Waals surface area contributed by atoms with E-state index in [2.05, 4.69) is 19.2 Å². The summed E-state index contributed by atoms with van der Waals surface area (Å²) in [6.07, 6.45) is 1.89.